The molecular weight excluding hydrogens is 260 g/mol. The van der Waals surface area contributed by atoms with E-state index < -0.39 is 0 Å². The van der Waals surface area contributed by atoms with Crippen molar-refractivity contribution in [2.75, 3.05) is 0 Å². The Kier molecular flexibility index (Phi) is 3.08. The molecule has 0 aliphatic heterocycles. The molecule has 2 heterocycles. The smallest absolute Gasteiger partial charge is 0.292 e. The highest BCUT2D eigenvalue weighted by Gasteiger charge is 2.05. The SMILES string of the molecule is Cc1cc(SCc2n[nH]c(=O)[nH]2)nc2ccccc12. The third-order valence-electron chi connectivity index (χ3n) is 2.81. The number of aryl methyl sites for hydroxylation is 1. The number of nitrogens with one attached hydrogen (secondary N) is 2. The Morgan fingerprint density at radius 2 is 2.16 bits per heavy atom. The molecule has 2 N–H and O–H groups in total. The number of aromatic nitrogens is 4. The highest BCUT2D eigenvalue weighted by molar-refractivity contribution is 7.98. The van der Waals surface area contributed by atoms with Crippen molar-refractivity contribution in [1.82, 2.24) is 20.2 Å². The highest BCUT2D eigenvalue weighted by atomic mass is 32.2. The summed E-state index contributed by atoms with van der Waals surface area (Å²) in [6, 6.07) is 10.1. The second-order valence-corrected chi connectivity index (χ2v) is 5.20. The zero-order chi connectivity index (χ0) is 13.2. The topological polar surface area (TPSA) is 74.4 Å². The lowest BCUT2D eigenvalue weighted by molar-refractivity contribution is 1.01. The molecular formula is C13H12N4OS. The minimum absolute atomic E-state index is 0.279. The van der Waals surface area contributed by atoms with Crippen LogP contribution in [0.1, 0.15) is 11.4 Å². The summed E-state index contributed by atoms with van der Waals surface area (Å²) < 4.78 is 0. The number of thioether (sulfide) groups is 1. The molecule has 0 atom stereocenters. The average Bonchev–Trinajstić information content (AvgIpc) is 2.82. The molecule has 3 aromatic rings. The zero-order valence-electron chi connectivity index (χ0n) is 10.3. The van der Waals surface area contributed by atoms with E-state index in [0.717, 1.165) is 10.5 Å². The number of H-pyrrole nitrogens is 2. The number of nitrogens with zero attached hydrogens (tertiary/aromatic N) is 2. The molecule has 0 fully saturated rings. The van der Waals surface area contributed by atoms with Crippen LogP contribution in [-0.4, -0.2) is 20.2 Å². The molecule has 0 radical (unpaired) electrons. The van der Waals surface area contributed by atoms with Crippen LogP contribution in [0.15, 0.2) is 40.2 Å². The molecule has 0 unspecified atom stereocenters. The van der Waals surface area contributed by atoms with E-state index in [1.165, 1.54) is 10.9 Å². The third kappa shape index (κ3) is 2.53. The van der Waals surface area contributed by atoms with Crippen molar-refractivity contribution in [3.8, 4) is 0 Å². The largest absolute Gasteiger partial charge is 0.340 e. The minimum atomic E-state index is -0.279. The number of hydrogen-bond donors (Lipinski definition) is 2. The summed E-state index contributed by atoms with van der Waals surface area (Å²) in [5.74, 6) is 1.21. The number of aromatic amines is 2. The van der Waals surface area contributed by atoms with Crippen LogP contribution in [0.4, 0.5) is 0 Å². The Hall–Kier alpha value is -2.08. The Morgan fingerprint density at radius 3 is 2.95 bits per heavy atom. The van der Waals surface area contributed by atoms with Gasteiger partial charge < -0.3 is 0 Å². The molecule has 1 aromatic carbocycles. The van der Waals surface area contributed by atoms with E-state index in [2.05, 4.69) is 39.2 Å². The summed E-state index contributed by atoms with van der Waals surface area (Å²) in [7, 11) is 0. The van der Waals surface area contributed by atoms with Gasteiger partial charge in [-0.1, -0.05) is 30.0 Å². The lowest BCUT2D eigenvalue weighted by Crippen LogP contribution is -2.00. The van der Waals surface area contributed by atoms with Crippen LogP contribution in [0.5, 0.6) is 0 Å². The monoisotopic (exact) mass is 272 g/mol. The zero-order valence-corrected chi connectivity index (χ0v) is 11.1. The van der Waals surface area contributed by atoms with Crippen LogP contribution in [0.25, 0.3) is 10.9 Å². The number of hydrogen-bond acceptors (Lipinski definition) is 4. The maximum absolute atomic E-state index is 10.9. The molecule has 0 spiro atoms. The molecule has 0 bridgehead atoms. The first-order valence-electron chi connectivity index (χ1n) is 5.85. The van der Waals surface area contributed by atoms with E-state index in [4.69, 9.17) is 0 Å². The molecule has 2 aromatic heterocycles. The maximum Gasteiger partial charge on any atom is 0.340 e. The number of para-hydroxylation sites is 1. The van der Waals surface area contributed by atoms with E-state index in [1.54, 1.807) is 11.8 Å². The van der Waals surface area contributed by atoms with Crippen LogP contribution in [0.2, 0.25) is 0 Å². The molecule has 0 aliphatic carbocycles. The van der Waals surface area contributed by atoms with Crippen molar-refractivity contribution in [3.63, 3.8) is 0 Å². The number of rotatable bonds is 3. The second kappa shape index (κ2) is 4.89. The van der Waals surface area contributed by atoms with Crippen LogP contribution in [0.3, 0.4) is 0 Å². The molecule has 0 aliphatic rings. The fourth-order valence-electron chi connectivity index (χ4n) is 1.91. The van der Waals surface area contributed by atoms with E-state index in [-0.39, 0.29) is 5.69 Å². The van der Waals surface area contributed by atoms with Gasteiger partial charge in [0.15, 0.2) is 0 Å². The van der Waals surface area contributed by atoms with Crippen LogP contribution < -0.4 is 5.69 Å². The summed E-state index contributed by atoms with van der Waals surface area (Å²) in [5, 5.41) is 8.32. The highest BCUT2D eigenvalue weighted by Crippen LogP contribution is 2.24. The first kappa shape index (κ1) is 12.0. The van der Waals surface area contributed by atoms with Gasteiger partial charge in [0.05, 0.1) is 16.3 Å². The van der Waals surface area contributed by atoms with Crippen molar-refractivity contribution in [2.45, 2.75) is 17.7 Å². The predicted octanol–water partition coefficient (Wildman–Crippen LogP) is 2.25. The van der Waals surface area contributed by atoms with E-state index >= 15 is 0 Å². The molecule has 5 nitrogen and oxygen atoms in total. The van der Waals surface area contributed by atoms with Gasteiger partial charge in [-0.25, -0.2) is 14.9 Å². The first-order valence-corrected chi connectivity index (χ1v) is 6.84. The van der Waals surface area contributed by atoms with Gasteiger partial charge in [-0.2, -0.15) is 5.10 Å². The normalized spacial score (nSPS) is 11.0. The quantitative estimate of drug-likeness (QED) is 0.717. The Bertz CT molecular complexity index is 777. The van der Waals surface area contributed by atoms with Gasteiger partial charge in [0, 0.05) is 5.39 Å². The molecule has 6 heteroatoms. The van der Waals surface area contributed by atoms with E-state index in [0.29, 0.717) is 11.6 Å². The van der Waals surface area contributed by atoms with Crippen molar-refractivity contribution >= 4 is 22.7 Å². The van der Waals surface area contributed by atoms with E-state index in [9.17, 15) is 4.79 Å². The Labute approximate surface area is 113 Å². The lowest BCUT2D eigenvalue weighted by atomic mass is 10.1. The van der Waals surface area contributed by atoms with Gasteiger partial charge in [-0.3, -0.25) is 4.98 Å². The van der Waals surface area contributed by atoms with Gasteiger partial charge in [0.2, 0.25) is 0 Å². The van der Waals surface area contributed by atoms with Gasteiger partial charge in [-0.15, -0.1) is 0 Å². The van der Waals surface area contributed by atoms with Crippen molar-refractivity contribution < 1.29 is 0 Å². The molecule has 0 saturated carbocycles. The van der Waals surface area contributed by atoms with Gasteiger partial charge in [0.25, 0.3) is 0 Å². The average molecular weight is 272 g/mol. The predicted molar refractivity (Wildman–Crippen MR) is 75.2 cm³/mol. The summed E-state index contributed by atoms with van der Waals surface area (Å²) in [5.41, 5.74) is 1.90. The minimum Gasteiger partial charge on any atom is -0.292 e. The molecule has 19 heavy (non-hydrogen) atoms. The second-order valence-electron chi connectivity index (χ2n) is 4.21. The number of benzene rings is 1. The van der Waals surface area contributed by atoms with Gasteiger partial charge in [0.1, 0.15) is 5.82 Å². The maximum atomic E-state index is 10.9. The first-order chi connectivity index (χ1) is 9.22. The summed E-state index contributed by atoms with van der Waals surface area (Å²) in [6.45, 7) is 2.07. The fraction of sp³-hybridized carbons (Fsp3) is 0.154. The number of pyridine rings is 1. The Balaban J connectivity index is 1.87. The lowest BCUT2D eigenvalue weighted by Gasteiger charge is -2.05. The van der Waals surface area contributed by atoms with Crippen LogP contribution in [0, 0.1) is 6.92 Å². The van der Waals surface area contributed by atoms with Crippen molar-refractivity contribution in [1.29, 1.82) is 0 Å². The Morgan fingerprint density at radius 1 is 1.32 bits per heavy atom. The fourth-order valence-corrected chi connectivity index (χ4v) is 2.75. The molecule has 0 saturated heterocycles. The summed E-state index contributed by atoms with van der Waals surface area (Å²) >= 11 is 1.55. The van der Waals surface area contributed by atoms with Gasteiger partial charge >= 0.3 is 5.69 Å². The third-order valence-corrected chi connectivity index (χ3v) is 3.73. The van der Waals surface area contributed by atoms with Crippen LogP contribution in [-0.2, 0) is 5.75 Å². The van der Waals surface area contributed by atoms with Crippen LogP contribution >= 0.6 is 11.8 Å². The summed E-state index contributed by atoms with van der Waals surface area (Å²) in [4.78, 5) is 18.2. The summed E-state index contributed by atoms with van der Waals surface area (Å²) in [6.07, 6.45) is 0. The molecule has 96 valence electrons. The standard InChI is InChI=1S/C13H12N4OS/c1-8-6-12(14-10-5-3-2-4-9(8)10)19-7-11-15-13(18)17-16-11/h2-6H,7H2,1H3,(H2,15,16,17,18). The molecule has 3 rings (SSSR count). The molecule has 0 amide bonds. The van der Waals surface area contributed by atoms with Crippen molar-refractivity contribution in [3.05, 3.63) is 52.2 Å². The number of fused-ring (bicyclic) bond motifs is 1. The van der Waals surface area contributed by atoms with E-state index in [1.807, 2.05) is 18.2 Å². The van der Waals surface area contributed by atoms with Crippen molar-refractivity contribution in [2.24, 2.45) is 0 Å². The van der Waals surface area contributed by atoms with Gasteiger partial charge in [-0.05, 0) is 24.6 Å².